The molecule has 0 aliphatic carbocycles. The summed E-state index contributed by atoms with van der Waals surface area (Å²) in [5.41, 5.74) is 2.50. The van der Waals surface area contributed by atoms with Gasteiger partial charge in [-0.25, -0.2) is 0 Å². The first kappa shape index (κ1) is 16.0. The highest BCUT2D eigenvalue weighted by molar-refractivity contribution is 5.37. The van der Waals surface area contributed by atoms with Gasteiger partial charge in [-0.05, 0) is 31.0 Å². The average Bonchev–Trinajstić information content (AvgIpc) is 2.38. The number of benzene rings is 1. The van der Waals surface area contributed by atoms with Crippen molar-refractivity contribution >= 4 is 0 Å². The Hall–Kier alpha value is -1.06. The van der Waals surface area contributed by atoms with Crippen molar-refractivity contribution in [2.24, 2.45) is 5.92 Å². The Balaban J connectivity index is 2.90. The van der Waals surface area contributed by atoms with Crippen LogP contribution in [0.15, 0.2) is 18.2 Å². The minimum Gasteiger partial charge on any atom is -0.496 e. The van der Waals surface area contributed by atoms with E-state index in [1.54, 1.807) is 7.11 Å². The van der Waals surface area contributed by atoms with Gasteiger partial charge in [0.15, 0.2) is 0 Å². The first-order valence-electron chi connectivity index (χ1n) is 7.00. The van der Waals surface area contributed by atoms with Gasteiger partial charge in [-0.1, -0.05) is 32.9 Å². The summed E-state index contributed by atoms with van der Waals surface area (Å²) in [6.45, 7) is 7.40. The second-order valence-corrected chi connectivity index (χ2v) is 5.41. The molecule has 0 aromatic heterocycles. The summed E-state index contributed by atoms with van der Waals surface area (Å²) >= 11 is 0. The molecule has 0 saturated heterocycles. The lowest BCUT2D eigenvalue weighted by Crippen LogP contribution is -2.38. The lowest BCUT2D eigenvalue weighted by Gasteiger charge is -2.30. The molecule has 0 aliphatic heterocycles. The highest BCUT2D eigenvalue weighted by Gasteiger charge is 2.19. The fourth-order valence-corrected chi connectivity index (χ4v) is 2.42. The lowest BCUT2D eigenvalue weighted by molar-refractivity contribution is 0.107. The third-order valence-electron chi connectivity index (χ3n) is 3.70. The minimum absolute atomic E-state index is 0.176. The van der Waals surface area contributed by atoms with E-state index in [9.17, 15) is 5.11 Å². The molecule has 1 unspecified atom stereocenters. The van der Waals surface area contributed by atoms with Gasteiger partial charge in [0.2, 0.25) is 0 Å². The van der Waals surface area contributed by atoms with E-state index >= 15 is 0 Å². The van der Waals surface area contributed by atoms with Gasteiger partial charge in [-0.2, -0.15) is 0 Å². The van der Waals surface area contributed by atoms with Crippen molar-refractivity contribution in [3.05, 3.63) is 29.3 Å². The fourth-order valence-electron chi connectivity index (χ4n) is 2.42. The van der Waals surface area contributed by atoms with Crippen LogP contribution in [0.5, 0.6) is 5.75 Å². The van der Waals surface area contributed by atoms with Gasteiger partial charge < -0.3 is 9.84 Å². The smallest absolute Gasteiger partial charge is 0.123 e. The number of aliphatic hydroxyl groups excluding tert-OH is 1. The van der Waals surface area contributed by atoms with Crippen LogP contribution in [0.4, 0.5) is 0 Å². The summed E-state index contributed by atoms with van der Waals surface area (Å²) in [5, 5.41) is 9.50. The average molecular weight is 265 g/mol. The van der Waals surface area contributed by atoms with Crippen molar-refractivity contribution < 1.29 is 9.84 Å². The molecule has 1 N–H and O–H groups in total. The zero-order chi connectivity index (χ0) is 14.4. The van der Waals surface area contributed by atoms with Crippen molar-refractivity contribution in [1.82, 2.24) is 4.90 Å². The van der Waals surface area contributed by atoms with E-state index < -0.39 is 0 Å². The molecular weight excluding hydrogens is 238 g/mol. The molecule has 0 aliphatic rings. The second-order valence-electron chi connectivity index (χ2n) is 5.41. The molecule has 0 bridgehead atoms. The number of aryl methyl sites for hydroxylation is 1. The van der Waals surface area contributed by atoms with Gasteiger partial charge in [-0.15, -0.1) is 0 Å². The normalized spacial score (nSPS) is 13.1. The van der Waals surface area contributed by atoms with Gasteiger partial charge in [0, 0.05) is 18.2 Å². The first-order chi connectivity index (χ1) is 9.03. The van der Waals surface area contributed by atoms with Gasteiger partial charge in [0.25, 0.3) is 0 Å². The SMILES string of the molecule is CCc1ccc(OC)c(CN(C)C(CO)C(C)C)c1. The van der Waals surface area contributed by atoms with Gasteiger partial charge in [0.05, 0.1) is 13.7 Å². The Morgan fingerprint density at radius 2 is 2.00 bits per heavy atom. The van der Waals surface area contributed by atoms with Gasteiger partial charge in [0.1, 0.15) is 5.75 Å². The maximum atomic E-state index is 9.50. The number of likely N-dealkylation sites (N-methyl/N-ethyl adjacent to an activating group) is 1. The number of nitrogens with zero attached hydrogens (tertiary/aromatic N) is 1. The number of methoxy groups -OCH3 is 1. The lowest BCUT2D eigenvalue weighted by atomic mass is 10.0. The molecule has 0 amide bonds. The summed E-state index contributed by atoms with van der Waals surface area (Å²) in [6.07, 6.45) is 1.02. The molecule has 0 saturated carbocycles. The number of aliphatic hydroxyl groups is 1. The largest absolute Gasteiger partial charge is 0.496 e. The quantitative estimate of drug-likeness (QED) is 0.823. The zero-order valence-corrected chi connectivity index (χ0v) is 12.8. The highest BCUT2D eigenvalue weighted by Crippen LogP contribution is 2.23. The Morgan fingerprint density at radius 3 is 2.47 bits per heavy atom. The summed E-state index contributed by atoms with van der Waals surface area (Å²) < 4.78 is 5.43. The van der Waals surface area contributed by atoms with Crippen LogP contribution in [-0.4, -0.2) is 36.8 Å². The van der Waals surface area contributed by atoms with Crippen LogP contribution >= 0.6 is 0 Å². The Labute approximate surface area is 117 Å². The highest BCUT2D eigenvalue weighted by atomic mass is 16.5. The van der Waals surface area contributed by atoms with Crippen molar-refractivity contribution in [2.45, 2.75) is 39.8 Å². The number of ether oxygens (including phenoxy) is 1. The Morgan fingerprint density at radius 1 is 1.32 bits per heavy atom. The molecule has 3 heteroatoms. The molecule has 0 fully saturated rings. The predicted molar refractivity (Wildman–Crippen MR) is 79.6 cm³/mol. The van der Waals surface area contributed by atoms with E-state index in [1.807, 2.05) is 6.07 Å². The van der Waals surface area contributed by atoms with E-state index in [1.165, 1.54) is 11.1 Å². The molecule has 0 spiro atoms. The molecule has 3 nitrogen and oxygen atoms in total. The van der Waals surface area contributed by atoms with Crippen LogP contribution in [0.25, 0.3) is 0 Å². The molecule has 1 atom stereocenters. The van der Waals surface area contributed by atoms with E-state index in [0.717, 1.165) is 18.7 Å². The van der Waals surface area contributed by atoms with Gasteiger partial charge in [-0.3, -0.25) is 4.90 Å². The van der Waals surface area contributed by atoms with Crippen LogP contribution in [0, 0.1) is 5.92 Å². The van der Waals surface area contributed by atoms with Crippen LogP contribution in [0.3, 0.4) is 0 Å². The molecule has 19 heavy (non-hydrogen) atoms. The van der Waals surface area contributed by atoms with Crippen LogP contribution in [0.1, 0.15) is 31.9 Å². The summed E-state index contributed by atoms with van der Waals surface area (Å²) in [7, 11) is 3.76. The van der Waals surface area contributed by atoms with Gasteiger partial charge >= 0.3 is 0 Å². The van der Waals surface area contributed by atoms with Crippen LogP contribution < -0.4 is 4.74 Å². The maximum Gasteiger partial charge on any atom is 0.123 e. The van der Waals surface area contributed by atoms with Crippen molar-refractivity contribution in [3.63, 3.8) is 0 Å². The number of hydrogen-bond acceptors (Lipinski definition) is 3. The summed E-state index contributed by atoms with van der Waals surface area (Å²) in [6, 6.07) is 6.51. The maximum absolute atomic E-state index is 9.50. The molecule has 1 aromatic carbocycles. The third-order valence-corrected chi connectivity index (χ3v) is 3.70. The fraction of sp³-hybridized carbons (Fsp3) is 0.625. The van der Waals surface area contributed by atoms with Crippen LogP contribution in [0.2, 0.25) is 0 Å². The monoisotopic (exact) mass is 265 g/mol. The van der Waals surface area contributed by atoms with Crippen LogP contribution in [-0.2, 0) is 13.0 Å². The molecule has 0 radical (unpaired) electrons. The van der Waals surface area contributed by atoms with E-state index in [2.05, 4.69) is 44.9 Å². The zero-order valence-electron chi connectivity index (χ0n) is 12.8. The minimum atomic E-state index is 0.176. The second kappa shape index (κ2) is 7.51. The van der Waals surface area contributed by atoms with Crippen molar-refractivity contribution in [2.75, 3.05) is 20.8 Å². The van der Waals surface area contributed by atoms with E-state index in [0.29, 0.717) is 5.92 Å². The molecule has 0 heterocycles. The number of hydrogen-bond donors (Lipinski definition) is 1. The van der Waals surface area contributed by atoms with E-state index in [-0.39, 0.29) is 12.6 Å². The molecule has 1 rings (SSSR count). The number of rotatable bonds is 7. The van der Waals surface area contributed by atoms with E-state index in [4.69, 9.17) is 4.74 Å². The summed E-state index contributed by atoms with van der Waals surface area (Å²) in [5.74, 6) is 1.35. The standard InChI is InChI=1S/C16H27NO2/c1-6-13-7-8-16(19-5)14(9-13)10-17(4)15(11-18)12(2)3/h7-9,12,15,18H,6,10-11H2,1-5H3. The summed E-state index contributed by atoms with van der Waals surface area (Å²) in [4.78, 5) is 2.20. The third kappa shape index (κ3) is 4.22. The molecule has 1 aromatic rings. The predicted octanol–water partition coefficient (Wildman–Crippen LogP) is 2.71. The Kier molecular flexibility index (Phi) is 6.32. The topological polar surface area (TPSA) is 32.7 Å². The Bertz CT molecular complexity index is 390. The first-order valence-corrected chi connectivity index (χ1v) is 7.00. The molecular formula is C16H27NO2. The molecule has 108 valence electrons. The van der Waals surface area contributed by atoms with Crippen molar-refractivity contribution in [1.29, 1.82) is 0 Å². The van der Waals surface area contributed by atoms with Crippen molar-refractivity contribution in [3.8, 4) is 5.75 Å².